The van der Waals surface area contributed by atoms with E-state index in [9.17, 15) is 9.59 Å². The van der Waals surface area contributed by atoms with Crippen molar-refractivity contribution in [2.24, 2.45) is 0 Å². The Morgan fingerprint density at radius 2 is 1.62 bits per heavy atom. The molecule has 108 valence electrons. The van der Waals surface area contributed by atoms with Gasteiger partial charge in [-0.1, -0.05) is 12.1 Å². The molecule has 2 aromatic carbocycles. The van der Waals surface area contributed by atoms with Crippen LogP contribution in [-0.2, 0) is 4.74 Å². The molecule has 2 rings (SSSR count). The highest BCUT2D eigenvalue weighted by molar-refractivity contribution is 6.06. The van der Waals surface area contributed by atoms with Gasteiger partial charge in [0.05, 0.1) is 12.7 Å². The molecular weight excluding hydrogens is 266 g/mol. The van der Waals surface area contributed by atoms with E-state index >= 15 is 0 Å². The van der Waals surface area contributed by atoms with Gasteiger partial charge in [-0.15, -0.1) is 0 Å². The Hall–Kier alpha value is -2.62. The second-order valence-electron chi connectivity index (χ2n) is 4.77. The Bertz CT molecular complexity index is 662. The van der Waals surface area contributed by atoms with Gasteiger partial charge in [-0.25, -0.2) is 4.79 Å². The van der Waals surface area contributed by atoms with Crippen LogP contribution in [0.1, 0.15) is 26.3 Å². The monoisotopic (exact) mass is 283 g/mol. The molecule has 21 heavy (non-hydrogen) atoms. The molecule has 0 fully saturated rings. The fraction of sp³-hybridized carbons (Fsp3) is 0.176. The number of rotatable bonds is 3. The number of anilines is 1. The van der Waals surface area contributed by atoms with Crippen molar-refractivity contribution in [1.82, 2.24) is 0 Å². The number of hydrogen-bond acceptors (Lipinski definition) is 3. The van der Waals surface area contributed by atoms with Crippen LogP contribution in [0.15, 0.2) is 48.5 Å². The molecule has 0 aromatic heterocycles. The fourth-order valence-corrected chi connectivity index (χ4v) is 2.01. The SMILES string of the molecule is COC(=O)c1ccc(C(=O)N(C)c2cccc(C)c2)cc1. The maximum absolute atomic E-state index is 12.4. The Kier molecular flexibility index (Phi) is 4.38. The summed E-state index contributed by atoms with van der Waals surface area (Å²) in [5.41, 5.74) is 2.86. The highest BCUT2D eigenvalue weighted by Gasteiger charge is 2.14. The van der Waals surface area contributed by atoms with Crippen molar-refractivity contribution in [3.8, 4) is 0 Å². The molecule has 0 aliphatic carbocycles. The second kappa shape index (κ2) is 6.22. The van der Waals surface area contributed by atoms with Gasteiger partial charge in [0.2, 0.25) is 0 Å². The number of ether oxygens (including phenoxy) is 1. The van der Waals surface area contributed by atoms with Crippen LogP contribution in [0, 0.1) is 6.92 Å². The maximum Gasteiger partial charge on any atom is 0.337 e. The minimum Gasteiger partial charge on any atom is -0.465 e. The van der Waals surface area contributed by atoms with Crippen molar-refractivity contribution < 1.29 is 14.3 Å². The van der Waals surface area contributed by atoms with E-state index < -0.39 is 5.97 Å². The largest absolute Gasteiger partial charge is 0.465 e. The Labute approximate surface area is 124 Å². The Balaban J connectivity index is 2.21. The van der Waals surface area contributed by atoms with Gasteiger partial charge in [-0.05, 0) is 48.9 Å². The van der Waals surface area contributed by atoms with Crippen LogP contribution in [-0.4, -0.2) is 26.0 Å². The fourth-order valence-electron chi connectivity index (χ4n) is 2.01. The highest BCUT2D eigenvalue weighted by atomic mass is 16.5. The van der Waals surface area contributed by atoms with Gasteiger partial charge in [-0.3, -0.25) is 4.79 Å². The molecule has 1 amide bonds. The van der Waals surface area contributed by atoms with Crippen molar-refractivity contribution >= 4 is 17.6 Å². The molecular formula is C17H17NO3. The minimum absolute atomic E-state index is 0.128. The smallest absolute Gasteiger partial charge is 0.337 e. The van der Waals surface area contributed by atoms with Crippen molar-refractivity contribution in [2.75, 3.05) is 19.1 Å². The first-order chi connectivity index (χ1) is 10.0. The van der Waals surface area contributed by atoms with Gasteiger partial charge in [-0.2, -0.15) is 0 Å². The number of esters is 1. The molecule has 2 aromatic rings. The van der Waals surface area contributed by atoms with Gasteiger partial charge in [0.1, 0.15) is 0 Å². The van der Waals surface area contributed by atoms with Crippen LogP contribution in [0.5, 0.6) is 0 Å². The molecule has 0 radical (unpaired) electrons. The van der Waals surface area contributed by atoms with Crippen molar-refractivity contribution in [2.45, 2.75) is 6.92 Å². The van der Waals surface area contributed by atoms with E-state index in [1.807, 2.05) is 31.2 Å². The summed E-state index contributed by atoms with van der Waals surface area (Å²) in [6.07, 6.45) is 0. The number of aryl methyl sites for hydroxylation is 1. The highest BCUT2D eigenvalue weighted by Crippen LogP contribution is 2.17. The van der Waals surface area contributed by atoms with Gasteiger partial charge in [0.25, 0.3) is 5.91 Å². The number of carbonyl (C=O) groups is 2. The molecule has 0 atom stereocenters. The molecule has 0 saturated heterocycles. The Morgan fingerprint density at radius 3 is 2.19 bits per heavy atom. The lowest BCUT2D eigenvalue weighted by Crippen LogP contribution is -2.26. The van der Waals surface area contributed by atoms with Crippen LogP contribution < -0.4 is 4.90 Å². The summed E-state index contributed by atoms with van der Waals surface area (Å²) in [5.74, 6) is -0.543. The van der Waals surface area contributed by atoms with Gasteiger partial charge in [0, 0.05) is 18.3 Å². The lowest BCUT2D eigenvalue weighted by atomic mass is 10.1. The molecule has 0 aliphatic heterocycles. The molecule has 0 saturated carbocycles. The maximum atomic E-state index is 12.4. The molecule has 0 bridgehead atoms. The van der Waals surface area contributed by atoms with E-state index in [0.717, 1.165) is 11.3 Å². The lowest BCUT2D eigenvalue weighted by molar-refractivity contribution is 0.0600. The first-order valence-electron chi connectivity index (χ1n) is 6.56. The van der Waals surface area contributed by atoms with Crippen molar-refractivity contribution in [1.29, 1.82) is 0 Å². The van der Waals surface area contributed by atoms with Crippen LogP contribution >= 0.6 is 0 Å². The normalized spacial score (nSPS) is 10.0. The zero-order valence-corrected chi connectivity index (χ0v) is 12.3. The summed E-state index contributed by atoms with van der Waals surface area (Å²) in [7, 11) is 3.05. The molecule has 0 spiro atoms. The van der Waals surface area contributed by atoms with Gasteiger partial charge >= 0.3 is 5.97 Å². The second-order valence-corrected chi connectivity index (χ2v) is 4.77. The first-order valence-corrected chi connectivity index (χ1v) is 6.56. The molecule has 0 aliphatic rings. The average Bonchev–Trinajstić information content (AvgIpc) is 2.53. The lowest BCUT2D eigenvalue weighted by Gasteiger charge is -2.18. The molecule has 0 N–H and O–H groups in total. The van der Waals surface area contributed by atoms with Gasteiger partial charge < -0.3 is 9.64 Å². The number of nitrogens with zero attached hydrogens (tertiary/aromatic N) is 1. The number of amides is 1. The van der Waals surface area contributed by atoms with Crippen molar-refractivity contribution in [3.05, 3.63) is 65.2 Å². The third-order valence-corrected chi connectivity index (χ3v) is 3.25. The zero-order chi connectivity index (χ0) is 15.4. The summed E-state index contributed by atoms with van der Waals surface area (Å²) < 4.78 is 4.63. The molecule has 0 unspecified atom stereocenters. The quantitative estimate of drug-likeness (QED) is 0.813. The summed E-state index contributed by atoms with van der Waals surface area (Å²) in [6, 6.07) is 14.1. The number of benzene rings is 2. The Morgan fingerprint density at radius 1 is 1.00 bits per heavy atom. The molecule has 4 nitrogen and oxygen atoms in total. The van der Waals surface area contributed by atoms with E-state index in [2.05, 4.69) is 4.74 Å². The van der Waals surface area contributed by atoms with Gasteiger partial charge in [0.15, 0.2) is 0 Å². The third-order valence-electron chi connectivity index (χ3n) is 3.25. The number of hydrogen-bond donors (Lipinski definition) is 0. The summed E-state index contributed by atoms with van der Waals surface area (Å²) >= 11 is 0. The van der Waals surface area contributed by atoms with Crippen LogP contribution in [0.25, 0.3) is 0 Å². The first kappa shape index (κ1) is 14.8. The van der Waals surface area contributed by atoms with E-state index in [-0.39, 0.29) is 5.91 Å². The van der Waals surface area contributed by atoms with E-state index in [0.29, 0.717) is 11.1 Å². The van der Waals surface area contributed by atoms with E-state index in [1.165, 1.54) is 7.11 Å². The topological polar surface area (TPSA) is 46.6 Å². The summed E-state index contributed by atoms with van der Waals surface area (Å²) in [6.45, 7) is 1.98. The van der Waals surface area contributed by atoms with Crippen LogP contribution in [0.4, 0.5) is 5.69 Å². The average molecular weight is 283 g/mol. The summed E-state index contributed by atoms with van der Waals surface area (Å²) in [5, 5.41) is 0. The van der Waals surface area contributed by atoms with Crippen molar-refractivity contribution in [3.63, 3.8) is 0 Å². The molecule has 4 heteroatoms. The third kappa shape index (κ3) is 3.28. The molecule has 0 heterocycles. The minimum atomic E-state index is -0.416. The number of carbonyl (C=O) groups excluding carboxylic acids is 2. The predicted molar refractivity (Wildman–Crippen MR) is 81.7 cm³/mol. The zero-order valence-electron chi connectivity index (χ0n) is 12.3. The summed E-state index contributed by atoms with van der Waals surface area (Å²) in [4.78, 5) is 25.4. The number of methoxy groups -OCH3 is 1. The standard InChI is InChI=1S/C17H17NO3/c1-12-5-4-6-15(11-12)18(2)16(19)13-7-9-14(10-8-13)17(20)21-3/h4-11H,1-3H3. The van der Waals surface area contributed by atoms with E-state index in [1.54, 1.807) is 36.2 Å². The van der Waals surface area contributed by atoms with Crippen LogP contribution in [0.2, 0.25) is 0 Å². The predicted octanol–water partition coefficient (Wildman–Crippen LogP) is 3.06. The van der Waals surface area contributed by atoms with Crippen LogP contribution in [0.3, 0.4) is 0 Å². The van der Waals surface area contributed by atoms with E-state index in [4.69, 9.17) is 0 Å².